The number of hydrogen-bond acceptors (Lipinski definition) is 5. The van der Waals surface area contributed by atoms with E-state index in [0.29, 0.717) is 16.6 Å². The maximum atomic E-state index is 12.0. The summed E-state index contributed by atoms with van der Waals surface area (Å²) >= 11 is 0. The first kappa shape index (κ1) is 15.2. The maximum absolute atomic E-state index is 12.0. The minimum atomic E-state index is -4.72. The number of carbonyl (C=O) groups excluding carboxylic acids is 1. The number of nitrogens with one attached hydrogen (secondary N) is 1. The summed E-state index contributed by atoms with van der Waals surface area (Å²) < 4.78 is 35.2. The lowest BCUT2D eigenvalue weighted by Crippen LogP contribution is -2.19. The van der Waals surface area contributed by atoms with E-state index in [1.807, 2.05) is 0 Å². The molecule has 7 nitrogen and oxygen atoms in total. The van der Waals surface area contributed by atoms with Gasteiger partial charge in [-0.15, -0.1) is 0 Å². The second-order valence-corrected chi connectivity index (χ2v) is 5.67. The zero-order chi connectivity index (χ0) is 15.9. The van der Waals surface area contributed by atoms with Crippen LogP contribution in [0.3, 0.4) is 0 Å². The summed E-state index contributed by atoms with van der Waals surface area (Å²) in [7, 11) is -4.72. The molecule has 1 aromatic carbocycles. The molecule has 2 aromatic rings. The molecule has 0 bridgehead atoms. The summed E-state index contributed by atoms with van der Waals surface area (Å²) in [5.74, 6) is -0.607. The normalized spacial score (nSPS) is 11.6. The zero-order valence-corrected chi connectivity index (χ0v) is 12.4. The molecule has 0 aliphatic carbocycles. The van der Waals surface area contributed by atoms with Crippen molar-refractivity contribution in [3.63, 3.8) is 0 Å². The number of pyridine rings is 1. The zero-order valence-electron chi connectivity index (χ0n) is 11.6. The van der Waals surface area contributed by atoms with E-state index in [9.17, 15) is 18.0 Å². The van der Waals surface area contributed by atoms with Gasteiger partial charge >= 0.3 is 10.4 Å². The summed E-state index contributed by atoms with van der Waals surface area (Å²) in [6, 6.07) is 2.88. The molecule has 0 aliphatic rings. The van der Waals surface area contributed by atoms with Crippen LogP contribution in [0.1, 0.15) is 28.4 Å². The highest BCUT2D eigenvalue weighted by Gasteiger charge is 2.19. The highest BCUT2D eigenvalue weighted by molar-refractivity contribution is 7.81. The molecule has 0 atom stereocenters. The van der Waals surface area contributed by atoms with E-state index in [1.165, 1.54) is 26.0 Å². The number of aromatic amines is 1. The van der Waals surface area contributed by atoms with Crippen LogP contribution in [-0.2, 0) is 10.4 Å². The number of aromatic nitrogens is 1. The number of aryl methyl sites for hydroxylation is 2. The van der Waals surface area contributed by atoms with Gasteiger partial charge in [0.2, 0.25) is 0 Å². The summed E-state index contributed by atoms with van der Waals surface area (Å²) in [5.41, 5.74) is 0.683. The average Bonchev–Trinajstić information content (AvgIpc) is 2.30. The van der Waals surface area contributed by atoms with Crippen molar-refractivity contribution in [3.05, 3.63) is 39.2 Å². The van der Waals surface area contributed by atoms with Gasteiger partial charge in [0.15, 0.2) is 11.5 Å². The smallest absolute Gasteiger partial charge is 0.361 e. The molecule has 0 saturated carbocycles. The SMILES string of the molecule is CC(=O)c1c(C)c2c(OS(=O)(=O)O)ccc(C)c2[nH]c1=O. The number of rotatable bonds is 3. The molecule has 0 saturated heterocycles. The fraction of sp³-hybridized carbons (Fsp3) is 0.231. The van der Waals surface area contributed by atoms with Crippen LogP contribution in [-0.4, -0.2) is 23.7 Å². The standard InChI is InChI=1S/C13H13NO6S/c1-6-4-5-9(20-21(17,18)19)11-7(2)10(8(3)15)13(16)14-12(6)11/h4-5H,1-3H3,(H,14,16)(H,17,18,19). The first-order valence-corrected chi connectivity index (χ1v) is 7.32. The molecular weight excluding hydrogens is 298 g/mol. The number of benzene rings is 1. The lowest BCUT2D eigenvalue weighted by atomic mass is 9.99. The second kappa shape index (κ2) is 4.97. The minimum Gasteiger partial charge on any atom is -0.361 e. The molecule has 0 spiro atoms. The molecule has 21 heavy (non-hydrogen) atoms. The van der Waals surface area contributed by atoms with Gasteiger partial charge in [-0.1, -0.05) is 6.07 Å². The second-order valence-electron chi connectivity index (χ2n) is 4.65. The first-order chi connectivity index (χ1) is 9.61. The lowest BCUT2D eigenvalue weighted by Gasteiger charge is -2.12. The fourth-order valence-corrected chi connectivity index (χ4v) is 2.67. The highest BCUT2D eigenvalue weighted by atomic mass is 32.3. The molecule has 0 aliphatic heterocycles. The Morgan fingerprint density at radius 1 is 1.29 bits per heavy atom. The van der Waals surface area contributed by atoms with Crippen LogP contribution in [0.15, 0.2) is 16.9 Å². The monoisotopic (exact) mass is 311 g/mol. The van der Waals surface area contributed by atoms with E-state index in [-0.39, 0.29) is 16.7 Å². The summed E-state index contributed by atoms with van der Waals surface area (Å²) in [4.78, 5) is 26.1. The van der Waals surface area contributed by atoms with Gasteiger partial charge < -0.3 is 9.17 Å². The first-order valence-electron chi connectivity index (χ1n) is 5.96. The van der Waals surface area contributed by atoms with Crippen molar-refractivity contribution in [2.45, 2.75) is 20.8 Å². The third-order valence-corrected chi connectivity index (χ3v) is 3.53. The third kappa shape index (κ3) is 2.81. The predicted octanol–water partition coefficient (Wildman–Crippen LogP) is 1.53. The van der Waals surface area contributed by atoms with E-state index in [1.54, 1.807) is 6.92 Å². The Balaban J connectivity index is 2.97. The maximum Gasteiger partial charge on any atom is 0.446 e. The number of ketones is 1. The fourth-order valence-electron chi connectivity index (χ4n) is 2.30. The van der Waals surface area contributed by atoms with Crippen molar-refractivity contribution in [1.29, 1.82) is 0 Å². The topological polar surface area (TPSA) is 114 Å². The van der Waals surface area contributed by atoms with Crippen LogP contribution >= 0.6 is 0 Å². The quantitative estimate of drug-likeness (QED) is 0.656. The Kier molecular flexibility index (Phi) is 3.60. The molecular formula is C13H13NO6S. The Labute approximate surface area is 120 Å². The van der Waals surface area contributed by atoms with E-state index in [4.69, 9.17) is 4.55 Å². The molecule has 0 radical (unpaired) electrons. The van der Waals surface area contributed by atoms with Gasteiger partial charge in [0.05, 0.1) is 11.1 Å². The van der Waals surface area contributed by atoms with Crippen molar-refractivity contribution in [1.82, 2.24) is 4.98 Å². The Morgan fingerprint density at radius 2 is 1.90 bits per heavy atom. The van der Waals surface area contributed by atoms with Crippen LogP contribution in [0.4, 0.5) is 0 Å². The molecule has 0 unspecified atom stereocenters. The molecule has 1 heterocycles. The number of carbonyl (C=O) groups is 1. The lowest BCUT2D eigenvalue weighted by molar-refractivity contribution is 0.101. The van der Waals surface area contributed by atoms with Gasteiger partial charge in [-0.2, -0.15) is 8.42 Å². The van der Waals surface area contributed by atoms with Crippen molar-refractivity contribution >= 4 is 27.1 Å². The molecule has 8 heteroatoms. The van der Waals surface area contributed by atoms with Gasteiger partial charge in [0, 0.05) is 5.39 Å². The molecule has 2 rings (SSSR count). The Bertz CT molecular complexity index is 910. The average molecular weight is 311 g/mol. The summed E-state index contributed by atoms with van der Waals surface area (Å²) in [5, 5.41) is 0.262. The molecule has 2 N–H and O–H groups in total. The number of Topliss-reactive ketones (excluding diaryl/α,β-unsaturated/α-hetero) is 1. The highest BCUT2D eigenvalue weighted by Crippen LogP contribution is 2.31. The van der Waals surface area contributed by atoms with Gasteiger partial charge in [-0.25, -0.2) is 0 Å². The van der Waals surface area contributed by atoms with Crippen molar-refractivity contribution in [3.8, 4) is 5.75 Å². The molecule has 0 fully saturated rings. The van der Waals surface area contributed by atoms with E-state index < -0.39 is 21.7 Å². The largest absolute Gasteiger partial charge is 0.446 e. The summed E-state index contributed by atoms with van der Waals surface area (Å²) in [6.07, 6.45) is 0. The Hall–Kier alpha value is -2.19. The van der Waals surface area contributed by atoms with Crippen LogP contribution in [0.25, 0.3) is 10.9 Å². The number of hydrogen-bond donors (Lipinski definition) is 2. The number of H-pyrrole nitrogens is 1. The molecule has 0 amide bonds. The summed E-state index contributed by atoms with van der Waals surface area (Å²) in [6.45, 7) is 4.47. The van der Waals surface area contributed by atoms with Crippen LogP contribution in [0.5, 0.6) is 5.75 Å². The van der Waals surface area contributed by atoms with Crippen LogP contribution in [0.2, 0.25) is 0 Å². The van der Waals surface area contributed by atoms with E-state index in [2.05, 4.69) is 9.17 Å². The molecule has 1 aromatic heterocycles. The predicted molar refractivity (Wildman–Crippen MR) is 76.2 cm³/mol. The minimum absolute atomic E-state index is 0.0757. The van der Waals surface area contributed by atoms with E-state index >= 15 is 0 Å². The Morgan fingerprint density at radius 3 is 2.43 bits per heavy atom. The van der Waals surface area contributed by atoms with E-state index in [0.717, 1.165) is 0 Å². The molecule has 112 valence electrons. The van der Waals surface area contributed by atoms with Gasteiger partial charge in [-0.05, 0) is 38.0 Å². The van der Waals surface area contributed by atoms with Gasteiger partial charge in [0.1, 0.15) is 0 Å². The van der Waals surface area contributed by atoms with Crippen molar-refractivity contribution in [2.24, 2.45) is 0 Å². The third-order valence-electron chi connectivity index (χ3n) is 3.14. The van der Waals surface area contributed by atoms with Gasteiger partial charge in [0.25, 0.3) is 5.56 Å². The number of fused-ring (bicyclic) bond motifs is 1. The van der Waals surface area contributed by atoms with Gasteiger partial charge in [-0.3, -0.25) is 14.1 Å². The van der Waals surface area contributed by atoms with Crippen LogP contribution < -0.4 is 9.74 Å². The van der Waals surface area contributed by atoms with Crippen LogP contribution in [0, 0.1) is 13.8 Å². The van der Waals surface area contributed by atoms with Crippen molar-refractivity contribution in [2.75, 3.05) is 0 Å². The van der Waals surface area contributed by atoms with Crippen molar-refractivity contribution < 1.29 is 21.9 Å².